The van der Waals surface area contributed by atoms with E-state index < -0.39 is 0 Å². The second-order valence-corrected chi connectivity index (χ2v) is 4.57. The lowest BCUT2D eigenvalue weighted by atomic mass is 10.1. The minimum atomic E-state index is 1.27. The minimum absolute atomic E-state index is 1.27. The Hall–Kier alpha value is -0.170. The van der Waals surface area contributed by atoms with Crippen molar-refractivity contribution in [3.8, 4) is 0 Å². The zero-order chi connectivity index (χ0) is 8.81. The molecule has 0 aromatic heterocycles. The van der Waals surface area contributed by atoms with Gasteiger partial charge in [0.25, 0.3) is 0 Å². The lowest BCUT2D eigenvalue weighted by molar-refractivity contribution is 0.894. The van der Waals surface area contributed by atoms with Gasteiger partial charge < -0.3 is 0 Å². The minimum Gasteiger partial charge on any atom is -0.131 e. The predicted octanol–water partition coefficient (Wildman–Crippen LogP) is 4.14. The third-order valence-electron chi connectivity index (χ3n) is 2.10. The van der Waals surface area contributed by atoms with Crippen LogP contribution in [-0.2, 0) is 0 Å². The van der Waals surface area contributed by atoms with Crippen LogP contribution in [0.5, 0.6) is 0 Å². The van der Waals surface area contributed by atoms with E-state index in [2.05, 4.69) is 26.0 Å². The molecule has 0 amide bonds. The van der Waals surface area contributed by atoms with Crippen LogP contribution < -0.4 is 0 Å². The monoisotopic (exact) mass is 182 g/mol. The van der Waals surface area contributed by atoms with Crippen LogP contribution in [0.4, 0.5) is 0 Å². The number of hydrogen-bond donors (Lipinski definition) is 0. The van der Waals surface area contributed by atoms with Gasteiger partial charge >= 0.3 is 0 Å². The molecule has 0 radical (unpaired) electrons. The first kappa shape index (κ1) is 9.91. The molecule has 68 valence electrons. The van der Waals surface area contributed by atoms with E-state index in [4.69, 9.17) is 0 Å². The lowest BCUT2D eigenvalue weighted by Crippen LogP contribution is -1.88. The molecule has 1 aliphatic carbocycles. The predicted molar refractivity (Wildman–Crippen MR) is 58.4 cm³/mol. The van der Waals surface area contributed by atoms with Crippen molar-refractivity contribution in [2.45, 2.75) is 39.5 Å². The smallest absolute Gasteiger partial charge is 0.00233 e. The highest BCUT2D eigenvalue weighted by Crippen LogP contribution is 2.27. The fourth-order valence-corrected chi connectivity index (χ4v) is 2.30. The summed E-state index contributed by atoms with van der Waals surface area (Å²) in [5, 5.41) is 0. The molecule has 1 rings (SSSR count). The molecule has 0 N–H and O–H groups in total. The van der Waals surface area contributed by atoms with E-state index >= 15 is 0 Å². The summed E-state index contributed by atoms with van der Waals surface area (Å²) in [4.78, 5) is 1.58. The molecule has 0 saturated heterocycles. The number of allylic oxidation sites excluding steroid dienone is 4. The highest BCUT2D eigenvalue weighted by atomic mass is 32.2. The molecule has 0 nitrogen and oxygen atoms in total. The van der Waals surface area contributed by atoms with E-state index in [-0.39, 0.29) is 0 Å². The van der Waals surface area contributed by atoms with Crippen molar-refractivity contribution in [3.05, 3.63) is 22.6 Å². The van der Waals surface area contributed by atoms with Crippen molar-refractivity contribution < 1.29 is 0 Å². The van der Waals surface area contributed by atoms with Crippen LogP contribution >= 0.6 is 11.8 Å². The quantitative estimate of drug-likeness (QED) is 0.589. The first-order valence-corrected chi connectivity index (χ1v) is 5.80. The third-order valence-corrected chi connectivity index (χ3v) is 3.31. The molecule has 0 heterocycles. The molecular weight excluding hydrogens is 164 g/mol. The summed E-state index contributed by atoms with van der Waals surface area (Å²) < 4.78 is 0. The van der Waals surface area contributed by atoms with E-state index in [1.807, 2.05) is 11.8 Å². The summed E-state index contributed by atoms with van der Waals surface area (Å²) in [6.07, 6.45) is 9.76. The summed E-state index contributed by atoms with van der Waals surface area (Å²) in [6.45, 7) is 4.46. The van der Waals surface area contributed by atoms with Gasteiger partial charge in [-0.25, -0.2) is 0 Å². The summed E-state index contributed by atoms with van der Waals surface area (Å²) in [5.74, 6) is 1.30. The number of rotatable bonds is 4. The Morgan fingerprint density at radius 1 is 1.33 bits per heavy atom. The highest BCUT2D eigenvalue weighted by molar-refractivity contribution is 8.03. The molecule has 0 unspecified atom stereocenters. The van der Waals surface area contributed by atoms with Gasteiger partial charge in [0.1, 0.15) is 0 Å². The van der Waals surface area contributed by atoms with Crippen molar-refractivity contribution in [3.63, 3.8) is 0 Å². The van der Waals surface area contributed by atoms with Gasteiger partial charge in [-0.3, -0.25) is 0 Å². The van der Waals surface area contributed by atoms with Crippen LogP contribution in [0.2, 0.25) is 0 Å². The lowest BCUT2D eigenvalue weighted by Gasteiger charge is -2.10. The van der Waals surface area contributed by atoms with Gasteiger partial charge in [-0.05, 0) is 36.8 Å². The molecule has 0 spiro atoms. The average Bonchev–Trinajstić information content (AvgIpc) is 2.09. The van der Waals surface area contributed by atoms with Crippen molar-refractivity contribution in [2.24, 2.45) is 0 Å². The first-order chi connectivity index (χ1) is 5.83. The van der Waals surface area contributed by atoms with Gasteiger partial charge in [-0.15, -0.1) is 11.8 Å². The average molecular weight is 182 g/mol. The van der Waals surface area contributed by atoms with Crippen LogP contribution in [0, 0.1) is 0 Å². The van der Waals surface area contributed by atoms with E-state index in [0.717, 1.165) is 0 Å². The number of hydrogen-bond acceptors (Lipinski definition) is 1. The zero-order valence-corrected chi connectivity index (χ0v) is 8.91. The third kappa shape index (κ3) is 3.48. The molecule has 0 aromatic rings. The largest absolute Gasteiger partial charge is 0.131 e. The fourth-order valence-electron chi connectivity index (χ4n) is 1.19. The van der Waals surface area contributed by atoms with Crippen LogP contribution in [0.3, 0.4) is 0 Å². The normalized spacial score (nSPS) is 17.2. The van der Waals surface area contributed by atoms with Crippen LogP contribution in [-0.4, -0.2) is 5.75 Å². The van der Waals surface area contributed by atoms with Crippen molar-refractivity contribution in [1.29, 1.82) is 0 Å². The summed E-state index contributed by atoms with van der Waals surface area (Å²) in [7, 11) is 0. The van der Waals surface area contributed by atoms with Gasteiger partial charge in [-0.1, -0.05) is 31.1 Å². The molecule has 0 fully saturated rings. The molecule has 12 heavy (non-hydrogen) atoms. The summed E-state index contributed by atoms with van der Waals surface area (Å²) >= 11 is 2.04. The van der Waals surface area contributed by atoms with Crippen LogP contribution in [0.15, 0.2) is 22.6 Å². The molecule has 0 saturated carbocycles. The van der Waals surface area contributed by atoms with E-state index in [0.29, 0.717) is 0 Å². The van der Waals surface area contributed by atoms with Gasteiger partial charge in [0.05, 0.1) is 0 Å². The maximum absolute atomic E-state index is 2.29. The van der Waals surface area contributed by atoms with Gasteiger partial charge in [0.2, 0.25) is 0 Å². The zero-order valence-electron chi connectivity index (χ0n) is 8.10. The maximum atomic E-state index is 2.29. The Labute approximate surface area is 80.1 Å². The summed E-state index contributed by atoms with van der Waals surface area (Å²) in [5.41, 5.74) is 1.52. The van der Waals surface area contributed by atoms with Crippen molar-refractivity contribution in [1.82, 2.24) is 0 Å². The molecule has 1 heteroatoms. The van der Waals surface area contributed by atoms with Crippen molar-refractivity contribution >= 4 is 11.8 Å². The van der Waals surface area contributed by atoms with Gasteiger partial charge in [0, 0.05) is 0 Å². The van der Waals surface area contributed by atoms with Crippen molar-refractivity contribution in [2.75, 3.05) is 5.75 Å². The molecule has 0 atom stereocenters. The Balaban J connectivity index is 2.24. The van der Waals surface area contributed by atoms with Crippen LogP contribution in [0.1, 0.15) is 39.5 Å². The molecule has 0 aromatic carbocycles. The maximum Gasteiger partial charge on any atom is -0.00233 e. The Bertz CT molecular complexity index is 189. The molecule has 0 bridgehead atoms. The SMILES string of the molecule is CCCCSC1=CC=C(C)CC1. The topological polar surface area (TPSA) is 0 Å². The molecule has 1 aliphatic rings. The number of unbranched alkanes of at least 4 members (excludes halogenated alkanes) is 1. The molecular formula is C11H18S. The van der Waals surface area contributed by atoms with E-state index in [1.54, 1.807) is 4.91 Å². The number of thioether (sulfide) groups is 1. The highest BCUT2D eigenvalue weighted by Gasteiger charge is 2.02. The standard InChI is InChI=1S/C11H18S/c1-3-4-9-12-11-7-5-10(2)6-8-11/h5,7H,3-4,6,8-9H2,1-2H3. The second-order valence-electron chi connectivity index (χ2n) is 3.35. The van der Waals surface area contributed by atoms with E-state index in [9.17, 15) is 0 Å². The Morgan fingerprint density at radius 3 is 2.75 bits per heavy atom. The first-order valence-electron chi connectivity index (χ1n) is 4.82. The van der Waals surface area contributed by atoms with Gasteiger partial charge in [0.15, 0.2) is 0 Å². The molecule has 0 aliphatic heterocycles. The second kappa shape index (κ2) is 5.47. The van der Waals surface area contributed by atoms with Gasteiger partial charge in [-0.2, -0.15) is 0 Å². The fraction of sp³-hybridized carbons (Fsp3) is 0.636. The Kier molecular flexibility index (Phi) is 4.52. The Morgan fingerprint density at radius 2 is 2.17 bits per heavy atom. The summed E-state index contributed by atoms with van der Waals surface area (Å²) in [6, 6.07) is 0. The van der Waals surface area contributed by atoms with E-state index in [1.165, 1.54) is 37.0 Å². The van der Waals surface area contributed by atoms with Crippen LogP contribution in [0.25, 0.3) is 0 Å².